The molecular weight excluding hydrogens is 234 g/mol. The molecule has 1 saturated heterocycles. The van der Waals surface area contributed by atoms with Gasteiger partial charge in [-0.2, -0.15) is 11.8 Å². The third-order valence-corrected chi connectivity index (χ3v) is 3.57. The van der Waals surface area contributed by atoms with Crippen LogP contribution in [0.5, 0.6) is 0 Å². The maximum atomic E-state index is 11.5. The molecule has 1 heterocycles. The number of ether oxygens (including phenoxy) is 1. The van der Waals surface area contributed by atoms with E-state index in [0.717, 1.165) is 12.2 Å². The molecule has 1 aromatic rings. The number of rotatable bonds is 6. The fraction of sp³-hybridized carbons (Fsp3) is 0.462. The normalized spacial score (nSPS) is 15.3. The number of amides is 1. The minimum Gasteiger partial charge on any atom is -0.377 e. The number of nitrogens with one attached hydrogen (secondary N) is 1. The molecule has 1 amide bonds. The van der Waals surface area contributed by atoms with Crippen molar-refractivity contribution in [3.63, 3.8) is 0 Å². The fourth-order valence-corrected chi connectivity index (χ4v) is 2.38. The number of hydrogen-bond donors (Lipinski definition) is 1. The van der Waals surface area contributed by atoms with Crippen LogP contribution in [0, 0.1) is 0 Å². The molecular formula is C13H17NO2S. The van der Waals surface area contributed by atoms with Gasteiger partial charge in [-0.15, -0.1) is 0 Å². The predicted molar refractivity (Wildman–Crippen MR) is 70.2 cm³/mol. The molecule has 17 heavy (non-hydrogen) atoms. The van der Waals surface area contributed by atoms with Crippen LogP contribution in [0.2, 0.25) is 0 Å². The molecule has 1 aliphatic heterocycles. The second-order valence-corrected chi connectivity index (χ2v) is 5.20. The lowest BCUT2D eigenvalue weighted by Crippen LogP contribution is -2.49. The highest BCUT2D eigenvalue weighted by molar-refractivity contribution is 7.99. The van der Waals surface area contributed by atoms with E-state index in [9.17, 15) is 4.79 Å². The number of benzene rings is 1. The van der Waals surface area contributed by atoms with Crippen LogP contribution in [-0.4, -0.2) is 36.7 Å². The van der Waals surface area contributed by atoms with Crippen LogP contribution in [0.1, 0.15) is 5.56 Å². The lowest BCUT2D eigenvalue weighted by Gasteiger charge is -2.26. The monoisotopic (exact) mass is 251 g/mol. The zero-order valence-electron chi connectivity index (χ0n) is 9.72. The van der Waals surface area contributed by atoms with Gasteiger partial charge in [0, 0.05) is 0 Å². The molecule has 0 aromatic heterocycles. The molecule has 0 radical (unpaired) electrons. The number of carbonyl (C=O) groups is 1. The van der Waals surface area contributed by atoms with Gasteiger partial charge in [0.1, 0.15) is 0 Å². The van der Waals surface area contributed by atoms with Gasteiger partial charge in [0.2, 0.25) is 5.91 Å². The lowest BCUT2D eigenvalue weighted by atomic mass is 10.2. The van der Waals surface area contributed by atoms with Crippen molar-refractivity contribution in [2.45, 2.75) is 12.5 Å². The van der Waals surface area contributed by atoms with Gasteiger partial charge in [-0.25, -0.2) is 0 Å². The molecule has 2 rings (SSSR count). The number of thioether (sulfide) groups is 1. The van der Waals surface area contributed by atoms with E-state index in [2.05, 4.69) is 17.4 Å². The Labute approximate surface area is 106 Å². The molecule has 92 valence electrons. The van der Waals surface area contributed by atoms with E-state index < -0.39 is 0 Å². The van der Waals surface area contributed by atoms with Crippen LogP contribution in [0.3, 0.4) is 0 Å². The Morgan fingerprint density at radius 2 is 2.12 bits per heavy atom. The molecule has 1 aromatic carbocycles. The molecule has 1 aliphatic rings. The molecule has 0 aliphatic carbocycles. The fourth-order valence-electron chi connectivity index (χ4n) is 1.59. The van der Waals surface area contributed by atoms with Crippen LogP contribution in [0.15, 0.2) is 30.3 Å². The van der Waals surface area contributed by atoms with Crippen LogP contribution < -0.4 is 5.32 Å². The minimum atomic E-state index is 0.122. The molecule has 0 spiro atoms. The maximum absolute atomic E-state index is 11.5. The van der Waals surface area contributed by atoms with Crippen molar-refractivity contribution in [3.8, 4) is 0 Å². The standard InChI is InChI=1S/C13H17NO2S/c15-13(14-12-8-16-9-12)10-17-7-6-11-4-2-1-3-5-11/h1-5,12H,6-10H2,(H,14,15). The summed E-state index contributed by atoms with van der Waals surface area (Å²) in [6, 6.07) is 10.6. The van der Waals surface area contributed by atoms with E-state index in [1.165, 1.54) is 5.56 Å². The molecule has 0 atom stereocenters. The molecule has 4 heteroatoms. The first-order chi connectivity index (χ1) is 8.34. The summed E-state index contributed by atoms with van der Waals surface area (Å²) in [5.74, 6) is 1.65. The molecule has 3 nitrogen and oxygen atoms in total. The summed E-state index contributed by atoms with van der Waals surface area (Å²) >= 11 is 1.68. The van der Waals surface area contributed by atoms with Crippen molar-refractivity contribution in [1.29, 1.82) is 0 Å². The Morgan fingerprint density at radius 1 is 1.35 bits per heavy atom. The summed E-state index contributed by atoms with van der Waals surface area (Å²) in [6.45, 7) is 1.33. The van der Waals surface area contributed by atoms with Crippen molar-refractivity contribution in [1.82, 2.24) is 5.32 Å². The van der Waals surface area contributed by atoms with Crippen LogP contribution >= 0.6 is 11.8 Å². The third-order valence-electron chi connectivity index (χ3n) is 2.61. The summed E-state index contributed by atoms with van der Waals surface area (Å²) in [4.78, 5) is 11.5. The Kier molecular flexibility index (Phi) is 4.88. The Hall–Kier alpha value is -1.00. The number of hydrogen-bond acceptors (Lipinski definition) is 3. The molecule has 0 unspecified atom stereocenters. The second-order valence-electron chi connectivity index (χ2n) is 4.09. The lowest BCUT2D eigenvalue weighted by molar-refractivity contribution is -0.122. The van der Waals surface area contributed by atoms with Gasteiger partial charge in [-0.05, 0) is 17.7 Å². The molecule has 0 saturated carbocycles. The summed E-state index contributed by atoms with van der Waals surface area (Å²) in [5.41, 5.74) is 1.33. The summed E-state index contributed by atoms with van der Waals surface area (Å²) in [6.07, 6.45) is 1.02. The molecule has 0 bridgehead atoms. The van der Waals surface area contributed by atoms with Crippen molar-refractivity contribution in [2.24, 2.45) is 0 Å². The second kappa shape index (κ2) is 6.67. The topological polar surface area (TPSA) is 38.3 Å². The van der Waals surface area contributed by atoms with Crippen molar-refractivity contribution >= 4 is 17.7 Å². The minimum absolute atomic E-state index is 0.122. The highest BCUT2D eigenvalue weighted by Crippen LogP contribution is 2.07. The third kappa shape index (κ3) is 4.40. The number of carbonyl (C=O) groups excluding carboxylic acids is 1. The SMILES string of the molecule is O=C(CSCCc1ccccc1)NC1COC1. The quantitative estimate of drug-likeness (QED) is 0.778. The average molecular weight is 251 g/mol. The predicted octanol–water partition coefficient (Wildman–Crippen LogP) is 1.48. The zero-order valence-corrected chi connectivity index (χ0v) is 10.5. The Morgan fingerprint density at radius 3 is 2.76 bits per heavy atom. The largest absolute Gasteiger partial charge is 0.377 e. The van der Waals surface area contributed by atoms with Crippen LogP contribution in [0.25, 0.3) is 0 Å². The first-order valence-electron chi connectivity index (χ1n) is 5.83. The maximum Gasteiger partial charge on any atom is 0.230 e. The van der Waals surface area contributed by atoms with Gasteiger partial charge < -0.3 is 10.1 Å². The van der Waals surface area contributed by atoms with Gasteiger partial charge in [0.05, 0.1) is 25.0 Å². The van der Waals surface area contributed by atoms with Crippen molar-refractivity contribution in [2.75, 3.05) is 24.7 Å². The Balaban J connectivity index is 1.55. The van der Waals surface area contributed by atoms with Gasteiger partial charge >= 0.3 is 0 Å². The summed E-state index contributed by atoms with van der Waals surface area (Å²) in [7, 11) is 0. The van der Waals surface area contributed by atoms with Gasteiger partial charge in [-0.3, -0.25) is 4.79 Å². The molecule has 1 fully saturated rings. The molecule has 1 N–H and O–H groups in total. The number of aryl methyl sites for hydroxylation is 1. The van der Waals surface area contributed by atoms with E-state index in [0.29, 0.717) is 19.0 Å². The smallest absolute Gasteiger partial charge is 0.230 e. The van der Waals surface area contributed by atoms with Gasteiger partial charge in [0.15, 0.2) is 0 Å². The van der Waals surface area contributed by atoms with E-state index in [1.54, 1.807) is 11.8 Å². The highest BCUT2D eigenvalue weighted by atomic mass is 32.2. The van der Waals surface area contributed by atoms with E-state index in [4.69, 9.17) is 4.74 Å². The van der Waals surface area contributed by atoms with E-state index in [1.807, 2.05) is 18.2 Å². The van der Waals surface area contributed by atoms with Crippen molar-refractivity contribution < 1.29 is 9.53 Å². The van der Waals surface area contributed by atoms with Gasteiger partial charge in [-0.1, -0.05) is 30.3 Å². The summed E-state index contributed by atoms with van der Waals surface area (Å²) in [5, 5.41) is 2.93. The first-order valence-corrected chi connectivity index (χ1v) is 6.99. The van der Waals surface area contributed by atoms with E-state index in [-0.39, 0.29) is 11.9 Å². The van der Waals surface area contributed by atoms with Crippen LogP contribution in [0.4, 0.5) is 0 Å². The summed E-state index contributed by atoms with van der Waals surface area (Å²) < 4.78 is 5.00. The average Bonchev–Trinajstić information content (AvgIpc) is 2.31. The Bertz CT molecular complexity index is 352. The zero-order chi connectivity index (χ0) is 11.9. The van der Waals surface area contributed by atoms with Crippen LogP contribution in [-0.2, 0) is 16.0 Å². The van der Waals surface area contributed by atoms with Crippen molar-refractivity contribution in [3.05, 3.63) is 35.9 Å². The highest BCUT2D eigenvalue weighted by Gasteiger charge is 2.19. The van der Waals surface area contributed by atoms with E-state index >= 15 is 0 Å². The van der Waals surface area contributed by atoms with Gasteiger partial charge in [0.25, 0.3) is 0 Å². The first kappa shape index (κ1) is 12.5.